The fraction of sp³-hybridized carbons (Fsp3) is 0.412. The Bertz CT molecular complexity index is 716. The molecular weight excluding hydrogens is 290 g/mol. The van der Waals surface area contributed by atoms with Crippen LogP contribution in [0.5, 0.6) is 0 Å². The molecule has 1 aliphatic heterocycles. The van der Waals surface area contributed by atoms with Crippen LogP contribution in [0.25, 0.3) is 11.5 Å². The Kier molecular flexibility index (Phi) is 4.23. The number of piperidine rings is 1. The summed E-state index contributed by atoms with van der Waals surface area (Å²) in [5, 5.41) is 0. The lowest BCUT2D eigenvalue weighted by Crippen LogP contribution is -2.42. The fourth-order valence-corrected chi connectivity index (χ4v) is 2.93. The van der Waals surface area contributed by atoms with Crippen LogP contribution in [0, 0.1) is 19.8 Å². The van der Waals surface area contributed by atoms with E-state index in [0.717, 1.165) is 42.2 Å². The standard InChI is InChI=1S/C17H21N5O/c1-11-12(2)20-16(14-7-3-4-8-19-14)21-17(11)22-9-5-6-13(10-22)15(18)23/h3-4,7-8,13H,5-6,9-10H2,1-2H3,(H2,18,23)/t13-/m1/s1. The van der Waals surface area contributed by atoms with Gasteiger partial charge in [-0.25, -0.2) is 9.97 Å². The number of nitrogens with zero attached hydrogens (tertiary/aromatic N) is 4. The molecule has 0 spiro atoms. The molecule has 0 unspecified atom stereocenters. The Morgan fingerprint density at radius 1 is 1.30 bits per heavy atom. The Morgan fingerprint density at radius 2 is 2.13 bits per heavy atom. The molecule has 0 saturated carbocycles. The third kappa shape index (κ3) is 3.16. The number of hydrogen-bond acceptors (Lipinski definition) is 5. The van der Waals surface area contributed by atoms with Crippen molar-refractivity contribution in [1.29, 1.82) is 0 Å². The number of rotatable bonds is 3. The van der Waals surface area contributed by atoms with Crippen LogP contribution >= 0.6 is 0 Å². The van der Waals surface area contributed by atoms with Gasteiger partial charge in [-0.2, -0.15) is 0 Å². The van der Waals surface area contributed by atoms with Crippen molar-refractivity contribution in [3.63, 3.8) is 0 Å². The van der Waals surface area contributed by atoms with E-state index in [2.05, 4.69) is 14.9 Å². The average molecular weight is 311 g/mol. The molecular formula is C17H21N5O. The van der Waals surface area contributed by atoms with E-state index in [9.17, 15) is 4.79 Å². The van der Waals surface area contributed by atoms with E-state index in [4.69, 9.17) is 10.7 Å². The maximum atomic E-state index is 11.5. The first-order valence-electron chi connectivity index (χ1n) is 7.87. The molecule has 0 aliphatic carbocycles. The van der Waals surface area contributed by atoms with Gasteiger partial charge in [-0.1, -0.05) is 6.07 Å². The highest BCUT2D eigenvalue weighted by Gasteiger charge is 2.26. The molecule has 0 bridgehead atoms. The topological polar surface area (TPSA) is 85.0 Å². The lowest BCUT2D eigenvalue weighted by Gasteiger charge is -2.33. The largest absolute Gasteiger partial charge is 0.369 e. The molecule has 1 aliphatic rings. The van der Waals surface area contributed by atoms with E-state index in [1.54, 1.807) is 6.20 Å². The smallest absolute Gasteiger partial charge is 0.222 e. The molecule has 0 radical (unpaired) electrons. The zero-order chi connectivity index (χ0) is 16.4. The average Bonchev–Trinajstić information content (AvgIpc) is 2.58. The van der Waals surface area contributed by atoms with Crippen molar-refractivity contribution in [2.24, 2.45) is 11.7 Å². The number of primary amides is 1. The van der Waals surface area contributed by atoms with Crippen LogP contribution in [-0.4, -0.2) is 33.9 Å². The second kappa shape index (κ2) is 6.32. The van der Waals surface area contributed by atoms with Crippen LogP contribution in [0.15, 0.2) is 24.4 Å². The molecule has 1 amide bonds. The van der Waals surface area contributed by atoms with Crippen LogP contribution in [0.3, 0.4) is 0 Å². The van der Waals surface area contributed by atoms with Gasteiger partial charge in [0.15, 0.2) is 5.82 Å². The van der Waals surface area contributed by atoms with E-state index in [1.165, 1.54) is 0 Å². The molecule has 2 aromatic rings. The summed E-state index contributed by atoms with van der Waals surface area (Å²) < 4.78 is 0. The normalized spacial score (nSPS) is 18.0. The van der Waals surface area contributed by atoms with E-state index in [1.807, 2.05) is 32.0 Å². The predicted octanol–water partition coefficient (Wildman–Crippen LogP) is 1.86. The molecule has 1 fully saturated rings. The van der Waals surface area contributed by atoms with Crippen molar-refractivity contribution in [1.82, 2.24) is 15.0 Å². The summed E-state index contributed by atoms with van der Waals surface area (Å²) in [5.41, 5.74) is 8.20. The minimum absolute atomic E-state index is 0.114. The summed E-state index contributed by atoms with van der Waals surface area (Å²) in [4.78, 5) is 27.3. The van der Waals surface area contributed by atoms with Gasteiger partial charge in [0.25, 0.3) is 0 Å². The van der Waals surface area contributed by atoms with Gasteiger partial charge in [0, 0.05) is 30.5 Å². The van der Waals surface area contributed by atoms with E-state index in [-0.39, 0.29) is 11.8 Å². The molecule has 23 heavy (non-hydrogen) atoms. The number of aromatic nitrogens is 3. The maximum absolute atomic E-state index is 11.5. The Labute approximate surface area is 135 Å². The quantitative estimate of drug-likeness (QED) is 0.935. The first-order chi connectivity index (χ1) is 11.1. The van der Waals surface area contributed by atoms with Crippen LogP contribution in [0.2, 0.25) is 0 Å². The van der Waals surface area contributed by atoms with Gasteiger partial charge in [-0.15, -0.1) is 0 Å². The SMILES string of the molecule is Cc1nc(-c2ccccn2)nc(N2CCC[C@@H](C(N)=O)C2)c1C. The van der Waals surface area contributed by atoms with Gasteiger partial charge in [0.05, 0.1) is 5.92 Å². The number of pyridine rings is 1. The van der Waals surface area contributed by atoms with Gasteiger partial charge in [-0.05, 0) is 38.8 Å². The summed E-state index contributed by atoms with van der Waals surface area (Å²) in [6.07, 6.45) is 3.52. The number of carbonyl (C=O) groups excluding carboxylic acids is 1. The zero-order valence-corrected chi connectivity index (χ0v) is 13.5. The fourth-order valence-electron chi connectivity index (χ4n) is 2.93. The number of aryl methyl sites for hydroxylation is 1. The van der Waals surface area contributed by atoms with Crippen LogP contribution in [0.4, 0.5) is 5.82 Å². The first kappa shape index (κ1) is 15.4. The Morgan fingerprint density at radius 3 is 2.83 bits per heavy atom. The van der Waals surface area contributed by atoms with Crippen molar-refractivity contribution in [2.45, 2.75) is 26.7 Å². The monoisotopic (exact) mass is 311 g/mol. The highest BCUT2D eigenvalue weighted by molar-refractivity contribution is 5.77. The summed E-state index contributed by atoms with van der Waals surface area (Å²) in [5.74, 6) is 1.15. The number of nitrogens with two attached hydrogens (primary N) is 1. The minimum Gasteiger partial charge on any atom is -0.369 e. The lowest BCUT2D eigenvalue weighted by atomic mass is 9.97. The van der Waals surface area contributed by atoms with Gasteiger partial charge in [-0.3, -0.25) is 9.78 Å². The zero-order valence-electron chi connectivity index (χ0n) is 13.5. The van der Waals surface area contributed by atoms with E-state index in [0.29, 0.717) is 12.4 Å². The lowest BCUT2D eigenvalue weighted by molar-refractivity contribution is -0.122. The van der Waals surface area contributed by atoms with Gasteiger partial charge in [0.2, 0.25) is 5.91 Å². The highest BCUT2D eigenvalue weighted by Crippen LogP contribution is 2.27. The molecule has 6 nitrogen and oxygen atoms in total. The van der Waals surface area contributed by atoms with Gasteiger partial charge < -0.3 is 10.6 Å². The molecule has 6 heteroatoms. The van der Waals surface area contributed by atoms with Crippen molar-refractivity contribution in [3.05, 3.63) is 35.7 Å². The van der Waals surface area contributed by atoms with Crippen LogP contribution in [-0.2, 0) is 4.79 Å². The predicted molar refractivity (Wildman–Crippen MR) is 88.9 cm³/mol. The second-order valence-corrected chi connectivity index (χ2v) is 5.98. The van der Waals surface area contributed by atoms with Crippen molar-refractivity contribution in [3.8, 4) is 11.5 Å². The Hall–Kier alpha value is -2.50. The molecule has 120 valence electrons. The molecule has 1 saturated heterocycles. The first-order valence-corrected chi connectivity index (χ1v) is 7.87. The summed E-state index contributed by atoms with van der Waals surface area (Å²) in [6.45, 7) is 5.49. The summed E-state index contributed by atoms with van der Waals surface area (Å²) >= 11 is 0. The van der Waals surface area contributed by atoms with Crippen molar-refractivity contribution < 1.29 is 4.79 Å². The molecule has 0 aromatic carbocycles. The van der Waals surface area contributed by atoms with Crippen LogP contribution < -0.4 is 10.6 Å². The van der Waals surface area contributed by atoms with Crippen molar-refractivity contribution >= 4 is 11.7 Å². The Balaban J connectivity index is 1.98. The highest BCUT2D eigenvalue weighted by atomic mass is 16.1. The summed E-state index contributed by atoms with van der Waals surface area (Å²) in [6, 6.07) is 5.69. The minimum atomic E-state index is -0.233. The van der Waals surface area contributed by atoms with E-state index < -0.39 is 0 Å². The number of anilines is 1. The van der Waals surface area contributed by atoms with Crippen molar-refractivity contribution in [2.75, 3.05) is 18.0 Å². The third-order valence-electron chi connectivity index (χ3n) is 4.38. The number of carbonyl (C=O) groups is 1. The third-order valence-corrected chi connectivity index (χ3v) is 4.38. The number of amides is 1. The van der Waals surface area contributed by atoms with E-state index >= 15 is 0 Å². The van der Waals surface area contributed by atoms with Gasteiger partial charge >= 0.3 is 0 Å². The summed E-state index contributed by atoms with van der Waals surface area (Å²) in [7, 11) is 0. The second-order valence-electron chi connectivity index (χ2n) is 5.98. The maximum Gasteiger partial charge on any atom is 0.222 e. The molecule has 2 N–H and O–H groups in total. The molecule has 1 atom stereocenters. The van der Waals surface area contributed by atoms with Gasteiger partial charge in [0.1, 0.15) is 11.5 Å². The number of hydrogen-bond donors (Lipinski definition) is 1. The molecule has 2 aromatic heterocycles. The molecule has 3 heterocycles. The van der Waals surface area contributed by atoms with Crippen LogP contribution in [0.1, 0.15) is 24.1 Å². The molecule has 3 rings (SSSR count).